The molecule has 0 saturated carbocycles. The summed E-state index contributed by atoms with van der Waals surface area (Å²) in [5.74, 6) is 0.917. The average molecular weight is 526 g/mol. The fourth-order valence-electron chi connectivity index (χ4n) is 4.36. The molecule has 0 heterocycles. The van der Waals surface area contributed by atoms with Crippen molar-refractivity contribution in [2.24, 2.45) is 5.92 Å². The number of rotatable bonds is 1. The molecular weight excluding hydrogens is 492 g/mol. The van der Waals surface area contributed by atoms with Crippen molar-refractivity contribution in [3.63, 3.8) is 0 Å². The van der Waals surface area contributed by atoms with Crippen LogP contribution in [0.15, 0.2) is 89.0 Å². The molecule has 33 heavy (non-hydrogen) atoms. The zero-order chi connectivity index (χ0) is 22.5. The normalized spacial score (nSPS) is 17.8. The average Bonchev–Trinajstić information content (AvgIpc) is 3.23. The summed E-state index contributed by atoms with van der Waals surface area (Å²) in [5.41, 5.74) is 9.53. The zero-order valence-corrected chi connectivity index (χ0v) is 24.5. The molecule has 2 atom stereocenters. The van der Waals surface area contributed by atoms with Crippen molar-refractivity contribution in [1.82, 2.24) is 0 Å². The molecule has 5 rings (SSSR count). The van der Waals surface area contributed by atoms with E-state index >= 15 is 0 Å². The monoisotopic (exact) mass is 524 g/mol. The van der Waals surface area contributed by atoms with Crippen LogP contribution < -0.4 is 0 Å². The van der Waals surface area contributed by atoms with Crippen molar-refractivity contribution in [3.05, 3.63) is 133 Å². The van der Waals surface area contributed by atoms with Crippen LogP contribution in [0, 0.1) is 32.9 Å². The summed E-state index contributed by atoms with van der Waals surface area (Å²) in [6.45, 7) is 13.9. The third-order valence-electron chi connectivity index (χ3n) is 6.36. The SMILES string of the molecule is CC1=[C-]C(C)C(C)=C1C.CC1=[C-]c2cc3ccccc3cc2C1c1ccccc1.[CH3-].[CH3-].[Si]=[Zr]. The molecule has 2 unspecified atom stereocenters. The van der Waals surface area contributed by atoms with Crippen LogP contribution in [0.1, 0.15) is 57.2 Å². The van der Waals surface area contributed by atoms with Crippen molar-refractivity contribution in [1.29, 1.82) is 0 Å². The van der Waals surface area contributed by atoms with E-state index in [0.717, 1.165) is 0 Å². The molecule has 2 heteroatoms. The van der Waals surface area contributed by atoms with Gasteiger partial charge in [0, 0.05) is 0 Å². The Balaban J connectivity index is 0.000000359. The topological polar surface area (TPSA) is 0 Å². The van der Waals surface area contributed by atoms with Gasteiger partial charge in [0.05, 0.1) is 0 Å². The Morgan fingerprint density at radius 2 is 1.33 bits per heavy atom. The molecule has 0 saturated heterocycles. The van der Waals surface area contributed by atoms with Crippen LogP contribution in [-0.4, -0.2) is 6.88 Å². The molecule has 0 amide bonds. The summed E-state index contributed by atoms with van der Waals surface area (Å²) in [4.78, 5) is 0. The van der Waals surface area contributed by atoms with E-state index in [1.54, 1.807) is 0 Å². The maximum atomic E-state index is 3.55. The second-order valence-corrected chi connectivity index (χ2v) is 8.24. The second-order valence-electron chi connectivity index (χ2n) is 8.24. The van der Waals surface area contributed by atoms with Gasteiger partial charge in [-0.3, -0.25) is 6.08 Å². The second kappa shape index (κ2) is 13.2. The van der Waals surface area contributed by atoms with Crippen LogP contribution in [0.25, 0.3) is 10.8 Å². The predicted octanol–water partition coefficient (Wildman–Crippen LogP) is 8.32. The van der Waals surface area contributed by atoms with E-state index in [-0.39, 0.29) is 14.9 Å². The van der Waals surface area contributed by atoms with Gasteiger partial charge in [-0.25, -0.2) is 5.57 Å². The molecule has 3 aromatic rings. The summed E-state index contributed by atoms with van der Waals surface area (Å²) < 4.78 is 0. The number of benzene rings is 3. The van der Waals surface area contributed by atoms with Crippen molar-refractivity contribution >= 4 is 17.7 Å². The summed E-state index contributed by atoms with van der Waals surface area (Å²) in [7, 11) is 0. The third-order valence-corrected chi connectivity index (χ3v) is 6.36. The van der Waals surface area contributed by atoms with Gasteiger partial charge in [-0.05, 0) is 16.9 Å². The van der Waals surface area contributed by atoms with Gasteiger partial charge in [0.15, 0.2) is 0 Å². The van der Waals surface area contributed by atoms with E-state index in [1.165, 1.54) is 73.1 Å². The van der Waals surface area contributed by atoms with Gasteiger partial charge in [0.1, 0.15) is 0 Å². The summed E-state index contributed by atoms with van der Waals surface area (Å²) >= 11 is 1.36. The van der Waals surface area contributed by atoms with Crippen molar-refractivity contribution in [3.8, 4) is 0 Å². The first-order valence-electron chi connectivity index (χ1n) is 10.7. The maximum absolute atomic E-state index is 3.55. The van der Waals surface area contributed by atoms with Crippen LogP contribution in [0.4, 0.5) is 0 Å². The van der Waals surface area contributed by atoms with Crippen LogP contribution in [0.3, 0.4) is 0 Å². The molecule has 0 nitrogen and oxygen atoms in total. The van der Waals surface area contributed by atoms with Crippen LogP contribution in [-0.2, 0) is 23.3 Å². The molecule has 2 aliphatic carbocycles. The third kappa shape index (κ3) is 6.43. The summed E-state index contributed by atoms with van der Waals surface area (Å²) in [6.07, 6.45) is 6.91. The molecule has 3 aromatic carbocycles. The summed E-state index contributed by atoms with van der Waals surface area (Å²) in [5, 5.41) is 2.60. The van der Waals surface area contributed by atoms with E-state index < -0.39 is 0 Å². The fourth-order valence-corrected chi connectivity index (χ4v) is 4.36. The van der Waals surface area contributed by atoms with E-state index in [9.17, 15) is 0 Å². The van der Waals surface area contributed by atoms with Crippen molar-refractivity contribution in [2.45, 2.75) is 40.5 Å². The van der Waals surface area contributed by atoms with Gasteiger partial charge in [-0.2, -0.15) is 28.9 Å². The zero-order valence-electron chi connectivity index (χ0n) is 21.0. The van der Waals surface area contributed by atoms with Gasteiger partial charge in [0.2, 0.25) is 0 Å². The van der Waals surface area contributed by atoms with Gasteiger partial charge < -0.3 is 14.9 Å². The Morgan fingerprint density at radius 1 is 0.788 bits per heavy atom. The van der Waals surface area contributed by atoms with E-state index in [1.807, 2.05) is 0 Å². The number of fused-ring (bicyclic) bond motifs is 2. The molecule has 0 aliphatic heterocycles. The first-order chi connectivity index (χ1) is 15.0. The first kappa shape index (κ1) is 29.3. The molecule has 0 fully saturated rings. The minimum absolute atomic E-state index is 0. The molecule has 0 spiro atoms. The Bertz CT molecular complexity index is 1170. The number of hydrogen-bond acceptors (Lipinski definition) is 0. The standard InChI is InChI=1S/C20H15.C9H13.2CH3.Si.Zr/c1-14-11-18-12-16-9-5-6-10-17(16)13-19(18)20(14)15-7-3-2-4-8-15;1-6-5-7(2)9(4)8(6)3;;;;/h2-10,12-13,20H,1H3;6H,1-4H3;2*1H3;;/q4*-1;;. The number of hydrogen-bond donors (Lipinski definition) is 0. The molecule has 0 N–H and O–H groups in total. The van der Waals surface area contributed by atoms with Gasteiger partial charge in [0.25, 0.3) is 0 Å². The molecule has 2 radical (unpaired) electrons. The van der Waals surface area contributed by atoms with E-state index in [2.05, 4.69) is 120 Å². The quantitative estimate of drug-likeness (QED) is 0.221. The molecule has 170 valence electrons. The molecular formula is C31H34SiZr-4. The predicted molar refractivity (Wildman–Crippen MR) is 142 cm³/mol. The van der Waals surface area contributed by atoms with Gasteiger partial charge in [-0.1, -0.05) is 93.6 Å². The van der Waals surface area contributed by atoms with Crippen LogP contribution >= 0.6 is 0 Å². The Hall–Kier alpha value is -1.76. The van der Waals surface area contributed by atoms with Crippen LogP contribution in [0.5, 0.6) is 0 Å². The Morgan fingerprint density at radius 3 is 1.82 bits per heavy atom. The van der Waals surface area contributed by atoms with E-state index in [4.69, 9.17) is 0 Å². The fraction of sp³-hybridized carbons (Fsp3) is 0.226. The van der Waals surface area contributed by atoms with Gasteiger partial charge >= 0.3 is 30.2 Å². The van der Waals surface area contributed by atoms with E-state index in [0.29, 0.717) is 11.8 Å². The Labute approximate surface area is 219 Å². The first-order valence-corrected chi connectivity index (χ1v) is 14.9. The number of allylic oxidation sites excluding steroid dienone is 5. The minimum atomic E-state index is 0. The molecule has 2 aliphatic rings. The van der Waals surface area contributed by atoms with Crippen LogP contribution in [0.2, 0.25) is 0 Å². The molecule has 0 aromatic heterocycles. The van der Waals surface area contributed by atoms with Crippen molar-refractivity contribution < 1.29 is 23.3 Å². The van der Waals surface area contributed by atoms with Crippen molar-refractivity contribution in [2.75, 3.05) is 0 Å². The van der Waals surface area contributed by atoms with Gasteiger partial charge in [-0.15, -0.1) is 24.1 Å². The summed E-state index contributed by atoms with van der Waals surface area (Å²) in [6, 6.07) is 23.9. The Kier molecular flexibility index (Phi) is 11.7. The molecule has 0 bridgehead atoms.